The van der Waals surface area contributed by atoms with Crippen molar-refractivity contribution in [2.45, 2.75) is 25.2 Å². The quantitative estimate of drug-likeness (QED) is 0.322. The van der Waals surface area contributed by atoms with Gasteiger partial charge in [-0.1, -0.05) is 36.4 Å². The third kappa shape index (κ3) is 5.45. The van der Waals surface area contributed by atoms with Crippen LogP contribution in [-0.2, 0) is 18.8 Å². The molecule has 0 aromatic heterocycles. The SMILES string of the molecule is C=CCC(Cc1ccccc1)C(=O)c1cc(C(F)(F)F)cc(C(F)(F)F)c1. The molecule has 0 saturated heterocycles. The first-order valence-corrected chi connectivity index (χ1v) is 8.01. The van der Waals surface area contributed by atoms with Crippen LogP contribution in [0, 0.1) is 5.92 Å². The zero-order chi connectivity index (χ0) is 20.2. The van der Waals surface area contributed by atoms with Crippen molar-refractivity contribution in [2.24, 2.45) is 5.92 Å². The van der Waals surface area contributed by atoms with Crippen LogP contribution in [0.5, 0.6) is 0 Å². The zero-order valence-corrected chi connectivity index (χ0v) is 14.1. The topological polar surface area (TPSA) is 17.1 Å². The molecule has 27 heavy (non-hydrogen) atoms. The van der Waals surface area contributed by atoms with Crippen LogP contribution in [0.15, 0.2) is 61.2 Å². The molecule has 2 aromatic carbocycles. The van der Waals surface area contributed by atoms with Gasteiger partial charge >= 0.3 is 12.4 Å². The van der Waals surface area contributed by atoms with Crippen molar-refractivity contribution >= 4 is 5.78 Å². The summed E-state index contributed by atoms with van der Waals surface area (Å²) in [5.41, 5.74) is -2.86. The highest BCUT2D eigenvalue weighted by Gasteiger charge is 2.38. The summed E-state index contributed by atoms with van der Waals surface area (Å²) in [4.78, 5) is 12.7. The van der Waals surface area contributed by atoms with Gasteiger partial charge in [0.2, 0.25) is 0 Å². The van der Waals surface area contributed by atoms with Crippen molar-refractivity contribution in [3.8, 4) is 0 Å². The molecule has 0 radical (unpaired) electrons. The van der Waals surface area contributed by atoms with Crippen molar-refractivity contribution in [1.29, 1.82) is 0 Å². The number of hydrogen-bond donors (Lipinski definition) is 0. The second-order valence-electron chi connectivity index (χ2n) is 6.07. The number of Topliss-reactive ketones (excluding diaryl/α,β-unsaturated/α-hetero) is 1. The minimum atomic E-state index is -5.00. The van der Waals surface area contributed by atoms with Crippen molar-refractivity contribution in [3.05, 3.63) is 83.4 Å². The van der Waals surface area contributed by atoms with E-state index in [1.54, 1.807) is 30.3 Å². The summed E-state index contributed by atoms with van der Waals surface area (Å²) >= 11 is 0. The Morgan fingerprint density at radius 2 is 1.44 bits per heavy atom. The lowest BCUT2D eigenvalue weighted by atomic mass is 9.87. The molecule has 0 fully saturated rings. The summed E-state index contributed by atoms with van der Waals surface area (Å²) in [5, 5.41) is 0. The number of hydrogen-bond acceptors (Lipinski definition) is 1. The van der Waals surface area contributed by atoms with E-state index >= 15 is 0 Å². The normalized spacial score (nSPS) is 13.3. The number of benzene rings is 2. The Balaban J connectivity index is 2.46. The predicted octanol–water partition coefficient (Wildman–Crippen LogP) is 6.34. The maximum Gasteiger partial charge on any atom is 0.416 e. The molecule has 0 saturated carbocycles. The third-order valence-electron chi connectivity index (χ3n) is 4.02. The summed E-state index contributed by atoms with van der Waals surface area (Å²) in [6.45, 7) is 3.52. The molecule has 1 atom stereocenters. The van der Waals surface area contributed by atoms with E-state index in [0.29, 0.717) is 12.1 Å². The molecule has 0 spiro atoms. The Kier molecular flexibility index (Phi) is 6.13. The van der Waals surface area contributed by atoms with Gasteiger partial charge in [0, 0.05) is 11.5 Å². The summed E-state index contributed by atoms with van der Waals surface area (Å²) in [6.07, 6.45) is -8.26. The van der Waals surface area contributed by atoms with Gasteiger partial charge in [0.1, 0.15) is 0 Å². The van der Waals surface area contributed by atoms with E-state index in [2.05, 4.69) is 6.58 Å². The molecule has 0 bridgehead atoms. The lowest BCUT2D eigenvalue weighted by Gasteiger charge is -2.18. The number of carbonyl (C=O) groups excluding carboxylic acids is 1. The first-order chi connectivity index (χ1) is 12.5. The van der Waals surface area contributed by atoms with Gasteiger partial charge in [-0.05, 0) is 36.6 Å². The van der Waals surface area contributed by atoms with Gasteiger partial charge in [-0.15, -0.1) is 6.58 Å². The third-order valence-corrected chi connectivity index (χ3v) is 4.02. The maximum absolute atomic E-state index is 13.0. The van der Waals surface area contributed by atoms with Crippen LogP contribution in [0.25, 0.3) is 0 Å². The van der Waals surface area contributed by atoms with Gasteiger partial charge in [-0.3, -0.25) is 4.79 Å². The van der Waals surface area contributed by atoms with E-state index in [1.165, 1.54) is 6.08 Å². The van der Waals surface area contributed by atoms with E-state index in [-0.39, 0.29) is 18.9 Å². The number of carbonyl (C=O) groups is 1. The summed E-state index contributed by atoms with van der Waals surface area (Å²) in [5.74, 6) is -1.59. The molecule has 2 rings (SSSR count). The molecular weight excluding hydrogens is 370 g/mol. The molecule has 0 aliphatic carbocycles. The number of rotatable bonds is 6. The van der Waals surface area contributed by atoms with Crippen LogP contribution in [-0.4, -0.2) is 5.78 Å². The van der Waals surface area contributed by atoms with Gasteiger partial charge in [0.25, 0.3) is 0 Å². The molecule has 7 heteroatoms. The standard InChI is InChI=1S/C20H16F6O/c1-2-6-14(9-13-7-4-3-5-8-13)18(27)15-10-16(19(21,22)23)12-17(11-15)20(24,25)26/h2-5,7-8,10-12,14H,1,6,9H2. The largest absolute Gasteiger partial charge is 0.416 e. The van der Waals surface area contributed by atoms with E-state index in [9.17, 15) is 31.1 Å². The van der Waals surface area contributed by atoms with E-state index in [0.717, 1.165) is 5.56 Å². The minimum Gasteiger partial charge on any atom is -0.294 e. The fourth-order valence-electron chi connectivity index (χ4n) is 2.72. The van der Waals surface area contributed by atoms with Crippen molar-refractivity contribution < 1.29 is 31.1 Å². The lowest BCUT2D eigenvalue weighted by molar-refractivity contribution is -0.143. The van der Waals surface area contributed by atoms with E-state index in [4.69, 9.17) is 0 Å². The second kappa shape index (κ2) is 7.98. The fraction of sp³-hybridized carbons (Fsp3) is 0.250. The van der Waals surface area contributed by atoms with E-state index in [1.807, 2.05) is 0 Å². The molecule has 0 N–H and O–H groups in total. The molecule has 1 nitrogen and oxygen atoms in total. The highest BCUT2D eigenvalue weighted by atomic mass is 19.4. The predicted molar refractivity (Wildman–Crippen MR) is 89.2 cm³/mol. The second-order valence-corrected chi connectivity index (χ2v) is 6.07. The Hall–Kier alpha value is -2.57. The number of allylic oxidation sites excluding steroid dienone is 1. The lowest BCUT2D eigenvalue weighted by Crippen LogP contribution is -2.20. The van der Waals surface area contributed by atoms with Crippen LogP contribution >= 0.6 is 0 Å². The van der Waals surface area contributed by atoms with Crippen molar-refractivity contribution in [2.75, 3.05) is 0 Å². The Bertz CT molecular complexity index is 773. The number of halogens is 6. The highest BCUT2D eigenvalue weighted by Crippen LogP contribution is 2.37. The van der Waals surface area contributed by atoms with Crippen LogP contribution < -0.4 is 0 Å². The van der Waals surface area contributed by atoms with Crippen molar-refractivity contribution in [3.63, 3.8) is 0 Å². The summed E-state index contributed by atoms with van der Waals surface area (Å²) in [7, 11) is 0. The van der Waals surface area contributed by atoms with Gasteiger partial charge in [-0.2, -0.15) is 26.3 Å². The highest BCUT2D eigenvalue weighted by molar-refractivity contribution is 5.98. The maximum atomic E-state index is 13.0. The monoisotopic (exact) mass is 386 g/mol. The van der Waals surface area contributed by atoms with Crippen LogP contribution in [0.1, 0.15) is 33.5 Å². The molecular formula is C20H16F6O. The molecule has 0 aliphatic heterocycles. The van der Waals surface area contributed by atoms with Crippen LogP contribution in [0.2, 0.25) is 0 Å². The molecule has 0 aliphatic rings. The van der Waals surface area contributed by atoms with Crippen molar-refractivity contribution in [1.82, 2.24) is 0 Å². The van der Waals surface area contributed by atoms with Gasteiger partial charge < -0.3 is 0 Å². The van der Waals surface area contributed by atoms with Crippen LogP contribution in [0.4, 0.5) is 26.3 Å². The Morgan fingerprint density at radius 1 is 0.926 bits per heavy atom. The summed E-state index contributed by atoms with van der Waals surface area (Å²) in [6, 6.07) is 9.64. The minimum absolute atomic E-state index is 0.0104. The first-order valence-electron chi connectivity index (χ1n) is 8.01. The average molecular weight is 386 g/mol. The zero-order valence-electron chi connectivity index (χ0n) is 14.1. The molecule has 0 heterocycles. The number of ketones is 1. The van der Waals surface area contributed by atoms with Gasteiger partial charge in [-0.25, -0.2) is 0 Å². The van der Waals surface area contributed by atoms with Gasteiger partial charge in [0.15, 0.2) is 5.78 Å². The summed E-state index contributed by atoms with van der Waals surface area (Å²) < 4.78 is 78.0. The Morgan fingerprint density at radius 3 is 1.89 bits per heavy atom. The molecule has 0 amide bonds. The first kappa shape index (κ1) is 20.7. The molecule has 2 aromatic rings. The van der Waals surface area contributed by atoms with Crippen LogP contribution in [0.3, 0.4) is 0 Å². The molecule has 144 valence electrons. The molecule has 1 unspecified atom stereocenters. The Labute approximate surface area is 152 Å². The average Bonchev–Trinajstić information content (AvgIpc) is 2.60. The fourth-order valence-corrected chi connectivity index (χ4v) is 2.72. The van der Waals surface area contributed by atoms with E-state index < -0.39 is 40.7 Å². The van der Waals surface area contributed by atoms with Gasteiger partial charge in [0.05, 0.1) is 11.1 Å². The smallest absolute Gasteiger partial charge is 0.294 e. The number of alkyl halides is 6.